The third kappa shape index (κ3) is 10.4. The Kier molecular flexibility index (Phi) is 14.1. The minimum Gasteiger partial charge on any atom is -0.480 e. The van der Waals surface area contributed by atoms with Gasteiger partial charge in [-0.05, 0) is 41.4 Å². The van der Waals surface area contributed by atoms with Gasteiger partial charge in [0.05, 0.1) is 25.0 Å². The van der Waals surface area contributed by atoms with Crippen LogP contribution in [0.3, 0.4) is 0 Å². The molecule has 3 N–H and O–H groups in total. The molecule has 0 bridgehead atoms. The summed E-state index contributed by atoms with van der Waals surface area (Å²) in [6, 6.07) is 3.11. The van der Waals surface area contributed by atoms with Crippen LogP contribution < -0.4 is 15.2 Å². The summed E-state index contributed by atoms with van der Waals surface area (Å²) in [6.07, 6.45) is -0.0161. The van der Waals surface area contributed by atoms with Crippen molar-refractivity contribution in [3.63, 3.8) is 0 Å². The standard InChI is InChI=1S/C30H47NO9/c1-10-18(6)14-37-30(36)38-15-19(7)25(26(31)27(32)33)22-11-12-23(39-28(34)20(8)16(2)3)24(13-22)40-29(35)21(9)17(4)5/h11-13,16-21,25-26H,10,14-15,31H2,1-9H3,(H,32,33)/t18?,19?,20?,21?,25?,26-/m0/s1. The van der Waals surface area contributed by atoms with Crippen molar-refractivity contribution in [1.29, 1.82) is 0 Å². The number of benzene rings is 1. The van der Waals surface area contributed by atoms with Crippen molar-refractivity contribution in [3.05, 3.63) is 23.8 Å². The molecule has 0 aromatic heterocycles. The molecule has 0 radical (unpaired) electrons. The highest BCUT2D eigenvalue weighted by atomic mass is 16.7. The van der Waals surface area contributed by atoms with Gasteiger partial charge in [-0.3, -0.25) is 14.4 Å². The summed E-state index contributed by atoms with van der Waals surface area (Å²) in [6.45, 7) is 16.7. The molecule has 226 valence electrons. The molecule has 0 spiro atoms. The van der Waals surface area contributed by atoms with Gasteiger partial charge in [-0.2, -0.15) is 0 Å². The largest absolute Gasteiger partial charge is 0.508 e. The lowest BCUT2D eigenvalue weighted by atomic mass is 9.82. The number of carbonyl (C=O) groups is 4. The number of rotatable bonds is 15. The van der Waals surface area contributed by atoms with Crippen LogP contribution in [0.4, 0.5) is 4.79 Å². The quantitative estimate of drug-likeness (QED) is 0.208. The molecule has 0 aliphatic rings. The first-order chi connectivity index (χ1) is 18.6. The molecule has 0 aliphatic carbocycles. The van der Waals surface area contributed by atoms with E-state index < -0.39 is 53.8 Å². The molecular weight excluding hydrogens is 518 g/mol. The van der Waals surface area contributed by atoms with Crippen LogP contribution in [0, 0.1) is 35.5 Å². The lowest BCUT2D eigenvalue weighted by Gasteiger charge is -2.28. The van der Waals surface area contributed by atoms with Crippen LogP contribution >= 0.6 is 0 Å². The third-order valence-corrected chi connectivity index (χ3v) is 7.45. The number of hydrogen-bond donors (Lipinski definition) is 2. The molecule has 0 heterocycles. The van der Waals surface area contributed by atoms with Crippen LogP contribution in [0.25, 0.3) is 0 Å². The summed E-state index contributed by atoms with van der Waals surface area (Å²) in [5.74, 6) is -4.35. The average Bonchev–Trinajstić information content (AvgIpc) is 2.90. The second-order valence-corrected chi connectivity index (χ2v) is 11.4. The maximum atomic E-state index is 12.8. The van der Waals surface area contributed by atoms with E-state index in [0.717, 1.165) is 6.42 Å². The number of carboxylic acid groups (broad SMARTS) is 1. The number of carbonyl (C=O) groups excluding carboxylic acids is 3. The molecule has 0 aliphatic heterocycles. The van der Waals surface area contributed by atoms with E-state index in [1.807, 2.05) is 41.5 Å². The van der Waals surface area contributed by atoms with E-state index in [1.165, 1.54) is 12.1 Å². The molecule has 40 heavy (non-hydrogen) atoms. The van der Waals surface area contributed by atoms with E-state index in [9.17, 15) is 24.3 Å². The van der Waals surface area contributed by atoms with Crippen LogP contribution in [-0.2, 0) is 23.9 Å². The Morgan fingerprint density at radius 2 is 1.30 bits per heavy atom. The van der Waals surface area contributed by atoms with Crippen molar-refractivity contribution in [2.75, 3.05) is 13.2 Å². The van der Waals surface area contributed by atoms with E-state index in [1.54, 1.807) is 26.8 Å². The van der Waals surface area contributed by atoms with Gasteiger partial charge in [0.1, 0.15) is 6.04 Å². The molecule has 6 atom stereocenters. The molecular formula is C30H47NO9. The SMILES string of the molecule is CCC(C)COC(=O)OCC(C)C(c1ccc(OC(=O)C(C)C(C)C)c(OC(=O)C(C)C(C)C)c1)[C@H](N)C(=O)O. The van der Waals surface area contributed by atoms with E-state index in [2.05, 4.69) is 0 Å². The van der Waals surface area contributed by atoms with Gasteiger partial charge < -0.3 is 29.8 Å². The zero-order chi connectivity index (χ0) is 30.7. The Hall–Kier alpha value is -3.14. The molecule has 0 amide bonds. The summed E-state index contributed by atoms with van der Waals surface area (Å²) < 4.78 is 21.6. The van der Waals surface area contributed by atoms with Gasteiger partial charge in [0.25, 0.3) is 0 Å². The highest BCUT2D eigenvalue weighted by Crippen LogP contribution is 2.37. The van der Waals surface area contributed by atoms with E-state index >= 15 is 0 Å². The van der Waals surface area contributed by atoms with Gasteiger partial charge in [-0.25, -0.2) is 4.79 Å². The minimum atomic E-state index is -1.37. The summed E-state index contributed by atoms with van der Waals surface area (Å²) in [7, 11) is 0. The van der Waals surface area contributed by atoms with Gasteiger partial charge in [-0.15, -0.1) is 0 Å². The molecule has 0 fully saturated rings. The molecule has 10 nitrogen and oxygen atoms in total. The Bertz CT molecular complexity index is 1010. The molecule has 1 rings (SSSR count). The number of aliphatic carboxylic acids is 1. The molecule has 0 saturated heterocycles. The molecule has 10 heteroatoms. The number of hydrogen-bond acceptors (Lipinski definition) is 9. The number of esters is 2. The lowest BCUT2D eigenvalue weighted by molar-refractivity contribution is -0.142. The normalized spacial score (nSPS) is 15.9. The first-order valence-electron chi connectivity index (χ1n) is 14.0. The molecule has 1 aromatic rings. The summed E-state index contributed by atoms with van der Waals surface area (Å²) >= 11 is 0. The average molecular weight is 566 g/mol. The fourth-order valence-electron chi connectivity index (χ4n) is 3.56. The summed E-state index contributed by atoms with van der Waals surface area (Å²) in [5, 5.41) is 9.74. The fraction of sp³-hybridized carbons (Fsp3) is 0.667. The van der Waals surface area contributed by atoms with Crippen LogP contribution in [-0.4, -0.2) is 48.4 Å². The Labute approximate surface area is 237 Å². The number of carboxylic acids is 1. The van der Waals surface area contributed by atoms with E-state index in [-0.39, 0.29) is 42.5 Å². The van der Waals surface area contributed by atoms with Gasteiger partial charge in [0.15, 0.2) is 11.5 Å². The second-order valence-electron chi connectivity index (χ2n) is 11.4. The van der Waals surface area contributed by atoms with Gasteiger partial charge in [0, 0.05) is 5.92 Å². The van der Waals surface area contributed by atoms with Crippen LogP contribution in [0.15, 0.2) is 18.2 Å². The first-order valence-corrected chi connectivity index (χ1v) is 14.0. The third-order valence-electron chi connectivity index (χ3n) is 7.45. The maximum absolute atomic E-state index is 12.8. The summed E-state index contributed by atoms with van der Waals surface area (Å²) in [5.41, 5.74) is 6.50. The second kappa shape index (κ2) is 16.2. The van der Waals surface area contributed by atoms with Crippen LogP contribution in [0.1, 0.15) is 80.2 Å². The van der Waals surface area contributed by atoms with Crippen molar-refractivity contribution in [2.45, 2.75) is 80.7 Å². The zero-order valence-electron chi connectivity index (χ0n) is 25.3. The lowest BCUT2D eigenvalue weighted by Crippen LogP contribution is -2.40. The van der Waals surface area contributed by atoms with Crippen LogP contribution in [0.5, 0.6) is 11.5 Å². The summed E-state index contributed by atoms with van der Waals surface area (Å²) in [4.78, 5) is 49.6. The molecule has 0 saturated carbocycles. The Balaban J connectivity index is 3.38. The Morgan fingerprint density at radius 1 is 0.800 bits per heavy atom. The smallest absolute Gasteiger partial charge is 0.480 e. The van der Waals surface area contributed by atoms with Crippen molar-refractivity contribution in [3.8, 4) is 11.5 Å². The van der Waals surface area contributed by atoms with Gasteiger partial charge in [-0.1, -0.05) is 74.8 Å². The maximum Gasteiger partial charge on any atom is 0.508 e. The van der Waals surface area contributed by atoms with Crippen LogP contribution in [0.2, 0.25) is 0 Å². The topological polar surface area (TPSA) is 151 Å². The predicted octanol–water partition coefficient (Wildman–Crippen LogP) is 5.41. The van der Waals surface area contributed by atoms with E-state index in [0.29, 0.717) is 5.56 Å². The zero-order valence-corrected chi connectivity index (χ0v) is 25.3. The monoisotopic (exact) mass is 565 g/mol. The Morgan fingerprint density at radius 3 is 1.77 bits per heavy atom. The molecule has 1 aromatic carbocycles. The van der Waals surface area contributed by atoms with Crippen molar-refractivity contribution in [2.24, 2.45) is 41.2 Å². The van der Waals surface area contributed by atoms with E-state index in [4.69, 9.17) is 24.7 Å². The molecule has 5 unspecified atom stereocenters. The number of nitrogens with two attached hydrogens (primary N) is 1. The minimum absolute atomic E-state index is 0.00642. The number of ether oxygens (including phenoxy) is 4. The van der Waals surface area contributed by atoms with Gasteiger partial charge in [0.2, 0.25) is 0 Å². The van der Waals surface area contributed by atoms with Crippen molar-refractivity contribution < 1.29 is 43.2 Å². The highest BCUT2D eigenvalue weighted by Gasteiger charge is 2.33. The highest BCUT2D eigenvalue weighted by molar-refractivity contribution is 5.79. The predicted molar refractivity (Wildman–Crippen MR) is 150 cm³/mol. The van der Waals surface area contributed by atoms with Crippen molar-refractivity contribution in [1.82, 2.24) is 0 Å². The van der Waals surface area contributed by atoms with Crippen molar-refractivity contribution >= 4 is 24.1 Å². The first kappa shape index (κ1) is 34.9. The fourth-order valence-corrected chi connectivity index (χ4v) is 3.56. The van der Waals surface area contributed by atoms with Gasteiger partial charge >= 0.3 is 24.1 Å².